The number of hydrogen-bond acceptors (Lipinski definition) is 4. The molecular weight excluding hydrogens is 324 g/mol. The number of hydrogen-bond donors (Lipinski definition) is 1. The Balaban J connectivity index is 1.84. The SMILES string of the molecule is COc1ccc(-c2csc(C3CC(N)C3)n2)cc1Br. The van der Waals surface area contributed by atoms with Crippen molar-refractivity contribution in [3.63, 3.8) is 0 Å². The highest BCUT2D eigenvalue weighted by molar-refractivity contribution is 9.10. The zero-order valence-electron chi connectivity index (χ0n) is 10.6. The van der Waals surface area contributed by atoms with Gasteiger partial charge in [0.1, 0.15) is 5.75 Å². The molecule has 0 atom stereocenters. The Morgan fingerprint density at radius 1 is 1.42 bits per heavy atom. The molecule has 0 saturated heterocycles. The van der Waals surface area contributed by atoms with Crippen LogP contribution in [0.5, 0.6) is 5.75 Å². The Kier molecular flexibility index (Phi) is 3.60. The molecule has 0 spiro atoms. The van der Waals surface area contributed by atoms with Gasteiger partial charge in [0.15, 0.2) is 0 Å². The number of ether oxygens (including phenoxy) is 1. The minimum absolute atomic E-state index is 0.368. The van der Waals surface area contributed by atoms with Gasteiger partial charge in [-0.25, -0.2) is 4.98 Å². The van der Waals surface area contributed by atoms with Crippen LogP contribution in [-0.2, 0) is 0 Å². The monoisotopic (exact) mass is 338 g/mol. The van der Waals surface area contributed by atoms with Gasteiger partial charge in [0, 0.05) is 22.9 Å². The quantitative estimate of drug-likeness (QED) is 0.926. The molecule has 1 saturated carbocycles. The lowest BCUT2D eigenvalue weighted by atomic mass is 9.81. The minimum Gasteiger partial charge on any atom is -0.496 e. The van der Waals surface area contributed by atoms with Crippen molar-refractivity contribution < 1.29 is 4.74 Å². The molecule has 100 valence electrons. The highest BCUT2D eigenvalue weighted by Crippen LogP contribution is 2.39. The van der Waals surface area contributed by atoms with E-state index in [2.05, 4.69) is 21.3 Å². The van der Waals surface area contributed by atoms with Crippen LogP contribution in [0.4, 0.5) is 0 Å². The van der Waals surface area contributed by atoms with E-state index < -0.39 is 0 Å². The van der Waals surface area contributed by atoms with Crippen molar-refractivity contribution in [2.45, 2.75) is 24.8 Å². The molecule has 1 aliphatic rings. The normalized spacial score (nSPS) is 22.1. The predicted octanol–water partition coefficient (Wildman–Crippen LogP) is 3.79. The summed E-state index contributed by atoms with van der Waals surface area (Å²) >= 11 is 5.24. The summed E-state index contributed by atoms with van der Waals surface area (Å²) in [7, 11) is 1.67. The second-order valence-corrected chi connectivity index (χ2v) is 6.59. The van der Waals surface area contributed by atoms with Crippen LogP contribution >= 0.6 is 27.3 Å². The van der Waals surface area contributed by atoms with E-state index in [1.165, 1.54) is 5.01 Å². The number of aromatic nitrogens is 1. The summed E-state index contributed by atoms with van der Waals surface area (Å²) in [5.74, 6) is 1.40. The van der Waals surface area contributed by atoms with Crippen molar-refractivity contribution in [1.29, 1.82) is 0 Å². The van der Waals surface area contributed by atoms with Gasteiger partial charge in [0.05, 0.1) is 22.3 Å². The molecule has 2 N–H and O–H groups in total. The van der Waals surface area contributed by atoms with E-state index in [1.807, 2.05) is 18.2 Å². The summed E-state index contributed by atoms with van der Waals surface area (Å²) in [6, 6.07) is 6.41. The average molecular weight is 339 g/mol. The number of benzene rings is 1. The Hall–Kier alpha value is -0.910. The highest BCUT2D eigenvalue weighted by Gasteiger charge is 2.29. The molecule has 1 fully saturated rings. The second-order valence-electron chi connectivity index (χ2n) is 4.85. The lowest BCUT2D eigenvalue weighted by molar-refractivity contribution is 0.351. The van der Waals surface area contributed by atoms with Crippen molar-refractivity contribution in [1.82, 2.24) is 4.98 Å². The zero-order valence-corrected chi connectivity index (χ0v) is 13.0. The van der Waals surface area contributed by atoms with Crippen LogP contribution in [0.2, 0.25) is 0 Å². The topological polar surface area (TPSA) is 48.1 Å². The molecular formula is C14H15BrN2OS. The minimum atomic E-state index is 0.368. The molecule has 0 aliphatic heterocycles. The third-order valence-electron chi connectivity index (χ3n) is 3.49. The Bertz CT molecular complexity index is 593. The number of thiazole rings is 1. The molecule has 0 amide bonds. The molecule has 1 aliphatic carbocycles. The first-order valence-corrected chi connectivity index (χ1v) is 7.89. The second kappa shape index (κ2) is 5.23. The van der Waals surface area contributed by atoms with E-state index in [9.17, 15) is 0 Å². The van der Waals surface area contributed by atoms with E-state index in [0.717, 1.165) is 34.3 Å². The van der Waals surface area contributed by atoms with Gasteiger partial charge < -0.3 is 10.5 Å². The van der Waals surface area contributed by atoms with Crippen LogP contribution in [0.3, 0.4) is 0 Å². The maximum atomic E-state index is 5.83. The summed E-state index contributed by atoms with van der Waals surface area (Å²) in [4.78, 5) is 4.73. The fourth-order valence-electron chi connectivity index (χ4n) is 2.30. The first-order chi connectivity index (χ1) is 9.17. The number of halogens is 1. The van der Waals surface area contributed by atoms with E-state index in [4.69, 9.17) is 15.5 Å². The summed E-state index contributed by atoms with van der Waals surface area (Å²) in [5.41, 5.74) is 7.97. The Morgan fingerprint density at radius 2 is 2.21 bits per heavy atom. The zero-order chi connectivity index (χ0) is 13.4. The maximum absolute atomic E-state index is 5.83. The lowest BCUT2D eigenvalue weighted by Gasteiger charge is -2.30. The van der Waals surface area contributed by atoms with Gasteiger partial charge in [0.2, 0.25) is 0 Å². The average Bonchev–Trinajstić information content (AvgIpc) is 2.84. The first kappa shape index (κ1) is 13.1. The molecule has 0 bridgehead atoms. The van der Waals surface area contributed by atoms with Gasteiger partial charge in [-0.05, 0) is 47.0 Å². The fourth-order valence-corrected chi connectivity index (χ4v) is 3.79. The highest BCUT2D eigenvalue weighted by atomic mass is 79.9. The van der Waals surface area contributed by atoms with Gasteiger partial charge in [-0.15, -0.1) is 11.3 Å². The summed E-state index contributed by atoms with van der Waals surface area (Å²) in [6.07, 6.45) is 2.14. The molecule has 0 radical (unpaired) electrons. The molecule has 0 unspecified atom stereocenters. The van der Waals surface area contributed by atoms with E-state index >= 15 is 0 Å². The molecule has 1 aromatic heterocycles. The molecule has 1 heterocycles. The lowest BCUT2D eigenvalue weighted by Crippen LogP contribution is -2.34. The van der Waals surface area contributed by atoms with Gasteiger partial charge in [-0.3, -0.25) is 0 Å². The van der Waals surface area contributed by atoms with Gasteiger partial charge in [-0.2, -0.15) is 0 Å². The standard InChI is InChI=1S/C14H15BrN2OS/c1-18-13-3-2-8(6-11(13)15)12-7-19-14(17-12)9-4-10(16)5-9/h2-3,6-7,9-10H,4-5,16H2,1H3. The van der Waals surface area contributed by atoms with Gasteiger partial charge >= 0.3 is 0 Å². The van der Waals surface area contributed by atoms with Crippen LogP contribution in [0.25, 0.3) is 11.3 Å². The molecule has 19 heavy (non-hydrogen) atoms. The van der Waals surface area contributed by atoms with Crippen molar-refractivity contribution in [2.75, 3.05) is 7.11 Å². The molecule has 3 nitrogen and oxygen atoms in total. The van der Waals surface area contributed by atoms with Crippen LogP contribution in [0.15, 0.2) is 28.1 Å². The third-order valence-corrected chi connectivity index (χ3v) is 5.12. The maximum Gasteiger partial charge on any atom is 0.133 e. The number of nitrogens with two attached hydrogens (primary N) is 1. The number of rotatable bonds is 3. The predicted molar refractivity (Wildman–Crippen MR) is 81.8 cm³/mol. The summed E-state index contributed by atoms with van der Waals surface area (Å²) in [6.45, 7) is 0. The largest absolute Gasteiger partial charge is 0.496 e. The Morgan fingerprint density at radius 3 is 2.84 bits per heavy atom. The summed E-state index contributed by atoms with van der Waals surface area (Å²) < 4.78 is 6.19. The van der Waals surface area contributed by atoms with Gasteiger partial charge in [-0.1, -0.05) is 0 Å². The molecule has 3 rings (SSSR count). The van der Waals surface area contributed by atoms with Crippen molar-refractivity contribution in [3.05, 3.63) is 33.1 Å². The van der Waals surface area contributed by atoms with E-state index in [1.54, 1.807) is 18.4 Å². The smallest absolute Gasteiger partial charge is 0.133 e. The molecule has 1 aromatic carbocycles. The Labute approximate surface area is 124 Å². The van der Waals surface area contributed by atoms with Crippen molar-refractivity contribution in [2.24, 2.45) is 5.73 Å². The van der Waals surface area contributed by atoms with Crippen LogP contribution in [0.1, 0.15) is 23.8 Å². The molecule has 2 aromatic rings. The number of methoxy groups -OCH3 is 1. The van der Waals surface area contributed by atoms with Crippen LogP contribution in [-0.4, -0.2) is 18.1 Å². The van der Waals surface area contributed by atoms with E-state index in [0.29, 0.717) is 12.0 Å². The van der Waals surface area contributed by atoms with Crippen molar-refractivity contribution >= 4 is 27.3 Å². The van der Waals surface area contributed by atoms with Gasteiger partial charge in [0.25, 0.3) is 0 Å². The first-order valence-electron chi connectivity index (χ1n) is 6.22. The fraction of sp³-hybridized carbons (Fsp3) is 0.357. The van der Waals surface area contributed by atoms with Crippen LogP contribution < -0.4 is 10.5 Å². The number of nitrogens with zero attached hydrogens (tertiary/aromatic N) is 1. The van der Waals surface area contributed by atoms with Crippen molar-refractivity contribution in [3.8, 4) is 17.0 Å². The third kappa shape index (κ3) is 2.55. The van der Waals surface area contributed by atoms with Crippen LogP contribution in [0, 0.1) is 0 Å². The van der Waals surface area contributed by atoms with E-state index in [-0.39, 0.29) is 0 Å². The molecule has 5 heteroatoms. The summed E-state index contributed by atoms with van der Waals surface area (Å²) in [5, 5.41) is 3.33.